The van der Waals surface area contributed by atoms with Crippen molar-refractivity contribution in [3.63, 3.8) is 0 Å². The third kappa shape index (κ3) is 3.45. The summed E-state index contributed by atoms with van der Waals surface area (Å²) in [6, 6.07) is 2.08. The van der Waals surface area contributed by atoms with Gasteiger partial charge in [-0.15, -0.1) is 0 Å². The lowest BCUT2D eigenvalue weighted by Crippen LogP contribution is -2.46. The minimum atomic E-state index is -3.34. The molecule has 0 atom stereocenters. The summed E-state index contributed by atoms with van der Waals surface area (Å²) in [7, 11) is -3.34. The lowest BCUT2D eigenvalue weighted by atomic mass is 10.0. The van der Waals surface area contributed by atoms with E-state index in [4.69, 9.17) is 5.26 Å². The van der Waals surface area contributed by atoms with Crippen LogP contribution in [0.4, 0.5) is 0 Å². The summed E-state index contributed by atoms with van der Waals surface area (Å²) in [6.45, 7) is 4.47. The molecule has 6 heteroatoms. The highest BCUT2D eigenvalue weighted by Gasteiger charge is 2.27. The first kappa shape index (κ1) is 12.4. The Morgan fingerprint density at radius 2 is 1.93 bits per heavy atom. The highest BCUT2D eigenvalue weighted by atomic mass is 32.2. The Hall–Kier alpha value is -0.640. The van der Waals surface area contributed by atoms with Gasteiger partial charge in [0.2, 0.25) is 0 Å². The van der Waals surface area contributed by atoms with E-state index in [2.05, 4.69) is 10.8 Å². The normalized spacial score (nSPS) is 20.4. The second kappa shape index (κ2) is 4.92. The molecule has 1 saturated heterocycles. The molecule has 0 radical (unpaired) electrons. The van der Waals surface area contributed by atoms with E-state index in [1.54, 1.807) is 13.8 Å². The molecule has 0 aliphatic carbocycles. The van der Waals surface area contributed by atoms with Gasteiger partial charge in [-0.1, -0.05) is 0 Å². The first-order chi connectivity index (χ1) is 6.95. The van der Waals surface area contributed by atoms with Gasteiger partial charge in [0.15, 0.2) is 0 Å². The fraction of sp³-hybridized carbons (Fsp3) is 0.889. The van der Waals surface area contributed by atoms with Crippen molar-refractivity contribution in [1.29, 1.82) is 5.26 Å². The van der Waals surface area contributed by atoms with Gasteiger partial charge < -0.3 is 0 Å². The first-order valence-corrected chi connectivity index (χ1v) is 6.56. The highest BCUT2D eigenvalue weighted by molar-refractivity contribution is 7.87. The molecule has 15 heavy (non-hydrogen) atoms. The third-order valence-corrected chi connectivity index (χ3v) is 4.18. The molecule has 1 aliphatic rings. The van der Waals surface area contributed by atoms with Gasteiger partial charge in [-0.3, -0.25) is 0 Å². The van der Waals surface area contributed by atoms with Crippen molar-refractivity contribution < 1.29 is 8.42 Å². The minimum absolute atomic E-state index is 0.00972. The molecular weight excluding hydrogens is 214 g/mol. The Morgan fingerprint density at radius 3 is 2.33 bits per heavy atom. The number of hydrogen-bond acceptors (Lipinski definition) is 3. The van der Waals surface area contributed by atoms with Crippen molar-refractivity contribution in [2.45, 2.75) is 32.7 Å². The molecule has 1 N–H and O–H groups in total. The second-order valence-electron chi connectivity index (χ2n) is 4.08. The maximum atomic E-state index is 11.7. The molecule has 0 aromatic rings. The van der Waals surface area contributed by atoms with Crippen LogP contribution in [0.15, 0.2) is 0 Å². The van der Waals surface area contributed by atoms with Gasteiger partial charge in [-0.05, 0) is 26.7 Å². The number of nitriles is 1. The number of nitrogens with zero attached hydrogens (tertiary/aromatic N) is 2. The van der Waals surface area contributed by atoms with Crippen LogP contribution < -0.4 is 4.72 Å². The van der Waals surface area contributed by atoms with Crippen LogP contribution >= 0.6 is 0 Å². The van der Waals surface area contributed by atoms with Crippen LogP contribution in [0.1, 0.15) is 26.7 Å². The molecule has 0 aromatic carbocycles. The maximum Gasteiger partial charge on any atom is 0.279 e. The topological polar surface area (TPSA) is 73.2 Å². The maximum absolute atomic E-state index is 11.7. The fourth-order valence-corrected chi connectivity index (χ4v) is 3.03. The van der Waals surface area contributed by atoms with E-state index in [0.717, 1.165) is 0 Å². The molecule has 0 spiro atoms. The van der Waals surface area contributed by atoms with Crippen molar-refractivity contribution in [1.82, 2.24) is 9.03 Å². The largest absolute Gasteiger partial charge is 0.279 e. The molecule has 1 rings (SSSR count). The van der Waals surface area contributed by atoms with Gasteiger partial charge in [0.25, 0.3) is 10.2 Å². The third-order valence-electron chi connectivity index (χ3n) is 2.36. The Labute approximate surface area is 91.3 Å². The quantitative estimate of drug-likeness (QED) is 0.767. The molecular formula is C9H17N3O2S. The standard InChI is InChI=1S/C9H17N3O2S/c1-8(2)11-15(13,14)12-5-3-9(7-10)4-6-12/h8-9,11H,3-6H2,1-2H3. The van der Waals surface area contributed by atoms with Crippen molar-refractivity contribution in [2.75, 3.05) is 13.1 Å². The Balaban J connectivity index is 2.57. The number of nitrogens with one attached hydrogen (secondary N) is 1. The number of rotatable bonds is 3. The predicted octanol–water partition coefficient (Wildman–Crippen LogP) is 0.465. The average Bonchev–Trinajstić information content (AvgIpc) is 2.16. The summed E-state index contributed by atoms with van der Waals surface area (Å²) in [4.78, 5) is 0. The van der Waals surface area contributed by atoms with E-state index in [1.807, 2.05) is 0 Å². The summed E-state index contributed by atoms with van der Waals surface area (Å²) >= 11 is 0. The second-order valence-corrected chi connectivity index (χ2v) is 5.78. The molecule has 0 amide bonds. The van der Waals surface area contributed by atoms with Gasteiger partial charge in [-0.2, -0.15) is 22.7 Å². The Kier molecular flexibility index (Phi) is 4.08. The van der Waals surface area contributed by atoms with Gasteiger partial charge in [-0.25, -0.2) is 0 Å². The lowest BCUT2D eigenvalue weighted by molar-refractivity contribution is 0.305. The number of piperidine rings is 1. The van der Waals surface area contributed by atoms with Crippen LogP contribution in [-0.2, 0) is 10.2 Å². The van der Waals surface area contributed by atoms with Gasteiger partial charge in [0.05, 0.1) is 6.07 Å². The average molecular weight is 231 g/mol. The van der Waals surface area contributed by atoms with Gasteiger partial charge >= 0.3 is 0 Å². The van der Waals surface area contributed by atoms with Crippen molar-refractivity contribution in [2.24, 2.45) is 5.92 Å². The van der Waals surface area contributed by atoms with Crippen LogP contribution in [0.3, 0.4) is 0 Å². The Morgan fingerprint density at radius 1 is 1.40 bits per heavy atom. The zero-order valence-corrected chi connectivity index (χ0v) is 9.92. The molecule has 0 aromatic heterocycles. The first-order valence-electron chi connectivity index (χ1n) is 5.12. The van der Waals surface area contributed by atoms with E-state index >= 15 is 0 Å². The molecule has 0 unspecified atom stereocenters. The van der Waals surface area contributed by atoms with E-state index in [1.165, 1.54) is 4.31 Å². The summed E-state index contributed by atoms with van der Waals surface area (Å²) in [6.07, 6.45) is 1.27. The summed E-state index contributed by atoms with van der Waals surface area (Å²) in [5.41, 5.74) is 0. The van der Waals surface area contributed by atoms with Crippen LogP contribution in [0, 0.1) is 17.2 Å². The van der Waals surface area contributed by atoms with Crippen LogP contribution in [0.2, 0.25) is 0 Å². The van der Waals surface area contributed by atoms with Crippen molar-refractivity contribution >= 4 is 10.2 Å². The highest BCUT2D eigenvalue weighted by Crippen LogP contribution is 2.18. The molecule has 5 nitrogen and oxygen atoms in total. The lowest BCUT2D eigenvalue weighted by Gasteiger charge is -2.28. The minimum Gasteiger partial charge on any atom is -0.200 e. The molecule has 0 saturated carbocycles. The molecule has 86 valence electrons. The van der Waals surface area contributed by atoms with Crippen LogP contribution in [0.5, 0.6) is 0 Å². The van der Waals surface area contributed by atoms with Crippen LogP contribution in [0.25, 0.3) is 0 Å². The fourth-order valence-electron chi connectivity index (χ4n) is 1.60. The van der Waals surface area contributed by atoms with Crippen molar-refractivity contribution in [3.8, 4) is 6.07 Å². The zero-order chi connectivity index (χ0) is 11.5. The van der Waals surface area contributed by atoms with E-state index in [9.17, 15) is 8.42 Å². The van der Waals surface area contributed by atoms with Crippen LogP contribution in [-0.4, -0.2) is 31.9 Å². The van der Waals surface area contributed by atoms with E-state index in [0.29, 0.717) is 25.9 Å². The number of hydrogen-bond donors (Lipinski definition) is 1. The summed E-state index contributed by atoms with van der Waals surface area (Å²) in [5.74, 6) is 0.00972. The molecule has 1 aliphatic heterocycles. The SMILES string of the molecule is CC(C)NS(=O)(=O)N1CCC(C#N)CC1. The van der Waals surface area contributed by atoms with E-state index < -0.39 is 10.2 Å². The molecule has 1 heterocycles. The predicted molar refractivity (Wildman–Crippen MR) is 57.1 cm³/mol. The summed E-state index contributed by atoms with van der Waals surface area (Å²) < 4.78 is 27.4. The molecule has 1 fully saturated rings. The molecule has 0 bridgehead atoms. The van der Waals surface area contributed by atoms with Gasteiger partial charge in [0.1, 0.15) is 0 Å². The smallest absolute Gasteiger partial charge is 0.200 e. The monoisotopic (exact) mass is 231 g/mol. The van der Waals surface area contributed by atoms with E-state index in [-0.39, 0.29) is 12.0 Å². The zero-order valence-electron chi connectivity index (χ0n) is 9.10. The van der Waals surface area contributed by atoms with Crippen molar-refractivity contribution in [3.05, 3.63) is 0 Å². The van der Waals surface area contributed by atoms with Gasteiger partial charge in [0, 0.05) is 25.0 Å². The Bertz CT molecular complexity index is 337. The summed E-state index contributed by atoms with van der Waals surface area (Å²) in [5, 5.41) is 8.69.